The molecular weight excluding hydrogens is 515 g/mol. The normalized spacial score (nSPS) is 14.6. The molecule has 1 amide bonds. The Bertz CT molecular complexity index is 1220. The number of aromatic nitrogens is 1. The number of methoxy groups -OCH3 is 2. The van der Waals surface area contributed by atoms with Crippen LogP contribution in [0.1, 0.15) is 29.3 Å². The number of amides is 1. The highest BCUT2D eigenvalue weighted by Gasteiger charge is 2.25. The van der Waals surface area contributed by atoms with Gasteiger partial charge in [0.2, 0.25) is 5.91 Å². The first-order chi connectivity index (χ1) is 16.4. The summed E-state index contributed by atoms with van der Waals surface area (Å²) in [5, 5.41) is 4.58. The van der Waals surface area contributed by atoms with Crippen molar-refractivity contribution in [1.82, 2.24) is 9.88 Å². The third kappa shape index (κ3) is 5.36. The molecular formula is C25H23Cl3N2O3S. The molecule has 1 saturated heterocycles. The van der Waals surface area contributed by atoms with E-state index in [2.05, 4.69) is 0 Å². The van der Waals surface area contributed by atoms with Crippen LogP contribution in [0, 0.1) is 0 Å². The van der Waals surface area contributed by atoms with Crippen LogP contribution in [0.3, 0.4) is 0 Å². The molecule has 1 aliphatic rings. The van der Waals surface area contributed by atoms with Crippen LogP contribution in [0.15, 0.2) is 41.8 Å². The molecule has 9 heteroatoms. The van der Waals surface area contributed by atoms with Crippen LogP contribution in [0.25, 0.3) is 17.3 Å². The van der Waals surface area contributed by atoms with Crippen LogP contribution in [0.2, 0.25) is 15.1 Å². The molecule has 3 aromatic rings. The third-order valence-electron chi connectivity index (χ3n) is 5.81. The van der Waals surface area contributed by atoms with Gasteiger partial charge in [0.25, 0.3) is 0 Å². The number of benzene rings is 2. The molecule has 4 rings (SSSR count). The number of halogens is 3. The van der Waals surface area contributed by atoms with Gasteiger partial charge in [-0.3, -0.25) is 4.79 Å². The molecule has 1 fully saturated rings. The highest BCUT2D eigenvalue weighted by Crippen LogP contribution is 2.38. The lowest BCUT2D eigenvalue weighted by molar-refractivity contribution is -0.126. The number of thiazole rings is 1. The molecule has 2 aromatic carbocycles. The maximum Gasteiger partial charge on any atom is 0.246 e. The largest absolute Gasteiger partial charge is 0.493 e. The Hall–Kier alpha value is -2.25. The Balaban J connectivity index is 1.37. The number of likely N-dealkylation sites (tertiary alicyclic amines) is 1. The highest BCUT2D eigenvalue weighted by atomic mass is 35.5. The topological polar surface area (TPSA) is 51.7 Å². The Labute approximate surface area is 217 Å². The lowest BCUT2D eigenvalue weighted by Crippen LogP contribution is -2.36. The zero-order valence-corrected chi connectivity index (χ0v) is 21.8. The second-order valence-corrected chi connectivity index (χ2v) is 9.92. The fraction of sp³-hybridized carbons (Fsp3) is 0.280. The first-order valence-electron chi connectivity index (χ1n) is 10.7. The minimum atomic E-state index is -0.0417. The van der Waals surface area contributed by atoms with Crippen LogP contribution >= 0.6 is 46.1 Å². The molecule has 0 aliphatic carbocycles. The fourth-order valence-electron chi connectivity index (χ4n) is 3.91. The van der Waals surface area contributed by atoms with Gasteiger partial charge in [-0.1, -0.05) is 40.9 Å². The summed E-state index contributed by atoms with van der Waals surface area (Å²) >= 11 is 20.2. The number of piperidine rings is 1. The number of rotatable bonds is 6. The van der Waals surface area contributed by atoms with Crippen molar-refractivity contribution in [3.8, 4) is 22.8 Å². The molecule has 0 spiro atoms. The molecule has 0 saturated carbocycles. The summed E-state index contributed by atoms with van der Waals surface area (Å²) in [7, 11) is 3.08. The van der Waals surface area contributed by atoms with Crippen LogP contribution < -0.4 is 9.47 Å². The summed E-state index contributed by atoms with van der Waals surface area (Å²) in [6, 6.07) is 9.10. The zero-order valence-electron chi connectivity index (χ0n) is 18.7. The van der Waals surface area contributed by atoms with Crippen molar-refractivity contribution in [2.75, 3.05) is 27.3 Å². The van der Waals surface area contributed by atoms with E-state index in [1.807, 2.05) is 22.4 Å². The summed E-state index contributed by atoms with van der Waals surface area (Å²) in [6.45, 7) is 1.35. The number of ether oxygens (including phenoxy) is 2. The van der Waals surface area contributed by atoms with Crippen molar-refractivity contribution in [3.05, 3.63) is 67.4 Å². The molecule has 2 heterocycles. The van der Waals surface area contributed by atoms with E-state index in [4.69, 9.17) is 49.3 Å². The van der Waals surface area contributed by atoms with E-state index in [0.717, 1.165) is 29.1 Å². The SMILES string of the molecule is COc1ccc(C=CC(=O)N2CCC(c3nc(-c4ccc(Cl)c(Cl)c4)cs3)CC2)c(Cl)c1OC. The van der Waals surface area contributed by atoms with E-state index in [1.165, 1.54) is 7.11 Å². The van der Waals surface area contributed by atoms with Crippen molar-refractivity contribution in [3.63, 3.8) is 0 Å². The van der Waals surface area contributed by atoms with Gasteiger partial charge in [0.05, 0.1) is 40.0 Å². The monoisotopic (exact) mass is 536 g/mol. The summed E-state index contributed by atoms with van der Waals surface area (Å²) in [5.74, 6) is 1.28. The second-order valence-electron chi connectivity index (χ2n) is 7.84. The van der Waals surface area contributed by atoms with Crippen LogP contribution in [0.4, 0.5) is 0 Å². The van der Waals surface area contributed by atoms with Crippen molar-refractivity contribution in [2.24, 2.45) is 0 Å². The van der Waals surface area contributed by atoms with Crippen molar-refractivity contribution >= 4 is 58.1 Å². The molecule has 1 aliphatic heterocycles. The van der Waals surface area contributed by atoms with Gasteiger partial charge in [0.15, 0.2) is 11.5 Å². The van der Waals surface area contributed by atoms with Crippen LogP contribution in [-0.4, -0.2) is 43.1 Å². The van der Waals surface area contributed by atoms with E-state index < -0.39 is 0 Å². The van der Waals surface area contributed by atoms with Crippen molar-refractivity contribution in [2.45, 2.75) is 18.8 Å². The standard InChI is InChI=1S/C25H23Cl3N2O3S/c1-32-21-7-4-15(23(28)24(21)33-2)5-8-22(31)30-11-9-16(10-12-30)25-29-20(14-34-25)17-3-6-18(26)19(27)13-17/h3-8,13-14,16H,9-12H2,1-2H3. The first kappa shape index (κ1) is 24.9. The first-order valence-corrected chi connectivity index (χ1v) is 12.7. The molecule has 178 valence electrons. The smallest absolute Gasteiger partial charge is 0.246 e. The summed E-state index contributed by atoms with van der Waals surface area (Å²) in [5.41, 5.74) is 2.54. The Morgan fingerprint density at radius 1 is 1.09 bits per heavy atom. The second kappa shape index (κ2) is 11.0. The van der Waals surface area contributed by atoms with Gasteiger partial charge in [0, 0.05) is 36.0 Å². The molecule has 0 unspecified atom stereocenters. The number of hydrogen-bond donors (Lipinski definition) is 0. The van der Waals surface area contributed by atoms with Gasteiger partial charge in [-0.15, -0.1) is 11.3 Å². The summed E-state index contributed by atoms with van der Waals surface area (Å²) < 4.78 is 10.6. The average Bonchev–Trinajstić information content (AvgIpc) is 3.35. The average molecular weight is 538 g/mol. The molecule has 0 atom stereocenters. The van der Waals surface area contributed by atoms with Gasteiger partial charge in [-0.25, -0.2) is 4.98 Å². The van der Waals surface area contributed by atoms with E-state index in [9.17, 15) is 4.79 Å². The van der Waals surface area contributed by atoms with E-state index in [1.54, 1.807) is 48.8 Å². The molecule has 0 bridgehead atoms. The lowest BCUT2D eigenvalue weighted by atomic mass is 9.97. The molecule has 0 N–H and O–H groups in total. The summed E-state index contributed by atoms with van der Waals surface area (Å²) in [4.78, 5) is 19.4. The van der Waals surface area contributed by atoms with Crippen LogP contribution in [-0.2, 0) is 4.79 Å². The predicted molar refractivity (Wildman–Crippen MR) is 140 cm³/mol. The van der Waals surface area contributed by atoms with Crippen molar-refractivity contribution in [1.29, 1.82) is 0 Å². The Morgan fingerprint density at radius 3 is 2.53 bits per heavy atom. The highest BCUT2D eigenvalue weighted by molar-refractivity contribution is 7.10. The van der Waals surface area contributed by atoms with Crippen molar-refractivity contribution < 1.29 is 14.3 Å². The maximum absolute atomic E-state index is 12.8. The fourth-order valence-corrected chi connectivity index (χ4v) is 5.50. The molecule has 1 aromatic heterocycles. The number of carbonyl (C=O) groups is 1. The quantitative estimate of drug-likeness (QED) is 0.312. The third-order valence-corrected chi connectivity index (χ3v) is 7.95. The number of carbonyl (C=O) groups excluding carboxylic acids is 1. The predicted octanol–water partition coefficient (Wildman–Crippen LogP) is 7.21. The van der Waals surface area contributed by atoms with Gasteiger partial charge in [-0.2, -0.15) is 0 Å². The van der Waals surface area contributed by atoms with E-state index >= 15 is 0 Å². The Morgan fingerprint density at radius 2 is 1.85 bits per heavy atom. The molecule has 0 radical (unpaired) electrons. The Kier molecular flexibility index (Phi) is 8.04. The van der Waals surface area contributed by atoms with E-state index in [0.29, 0.717) is 51.1 Å². The van der Waals surface area contributed by atoms with Gasteiger partial charge >= 0.3 is 0 Å². The zero-order chi connectivity index (χ0) is 24.2. The van der Waals surface area contributed by atoms with Gasteiger partial charge < -0.3 is 14.4 Å². The number of hydrogen-bond acceptors (Lipinski definition) is 5. The van der Waals surface area contributed by atoms with E-state index in [-0.39, 0.29) is 5.91 Å². The van der Waals surface area contributed by atoms with Crippen LogP contribution in [0.5, 0.6) is 11.5 Å². The van der Waals surface area contributed by atoms with Gasteiger partial charge in [-0.05, 0) is 48.7 Å². The number of nitrogens with zero attached hydrogens (tertiary/aromatic N) is 2. The van der Waals surface area contributed by atoms with Gasteiger partial charge in [0.1, 0.15) is 0 Å². The maximum atomic E-state index is 12.8. The minimum absolute atomic E-state index is 0.0417. The minimum Gasteiger partial charge on any atom is -0.493 e. The lowest BCUT2D eigenvalue weighted by Gasteiger charge is -2.30. The molecule has 34 heavy (non-hydrogen) atoms. The summed E-state index contributed by atoms with van der Waals surface area (Å²) in [6.07, 6.45) is 5.00. The molecule has 5 nitrogen and oxygen atoms in total.